The SMILES string of the molecule is C[NH+](C)[C@H](CN=Cc1c(O)ccc2ccccc12)c1cccs1. The Morgan fingerprint density at radius 1 is 1.13 bits per heavy atom. The molecule has 0 unspecified atom stereocenters. The van der Waals surface area contributed by atoms with Crippen molar-refractivity contribution in [3.8, 4) is 5.75 Å². The monoisotopic (exact) mass is 325 g/mol. The van der Waals surface area contributed by atoms with Crippen LogP contribution in [0.25, 0.3) is 10.8 Å². The van der Waals surface area contributed by atoms with Crippen molar-refractivity contribution in [1.29, 1.82) is 0 Å². The van der Waals surface area contributed by atoms with E-state index < -0.39 is 0 Å². The summed E-state index contributed by atoms with van der Waals surface area (Å²) in [5, 5.41) is 14.4. The Hall–Kier alpha value is -2.17. The highest BCUT2D eigenvalue weighted by atomic mass is 32.1. The normalized spacial score (nSPS) is 13.2. The molecule has 0 bridgehead atoms. The fraction of sp³-hybridized carbons (Fsp3) is 0.211. The zero-order valence-corrected chi connectivity index (χ0v) is 14.2. The van der Waals surface area contributed by atoms with Gasteiger partial charge in [0.15, 0.2) is 0 Å². The molecule has 3 nitrogen and oxygen atoms in total. The number of quaternary nitrogens is 1. The van der Waals surface area contributed by atoms with Crippen LogP contribution >= 0.6 is 11.3 Å². The lowest BCUT2D eigenvalue weighted by molar-refractivity contribution is -0.890. The summed E-state index contributed by atoms with van der Waals surface area (Å²) >= 11 is 1.77. The lowest BCUT2D eigenvalue weighted by Crippen LogP contribution is -3.06. The number of likely N-dealkylation sites (N-methyl/N-ethyl adjacent to an activating group) is 1. The Morgan fingerprint density at radius 3 is 2.70 bits per heavy atom. The van der Waals surface area contributed by atoms with Gasteiger partial charge in [-0.1, -0.05) is 36.4 Å². The number of phenols is 1. The van der Waals surface area contributed by atoms with E-state index in [9.17, 15) is 5.11 Å². The average molecular weight is 325 g/mol. The fourth-order valence-electron chi connectivity index (χ4n) is 2.72. The van der Waals surface area contributed by atoms with Crippen LogP contribution in [0, 0.1) is 0 Å². The molecule has 1 heterocycles. The molecular formula is C19H21N2OS+. The minimum atomic E-state index is 0.275. The molecule has 0 fully saturated rings. The highest BCUT2D eigenvalue weighted by Crippen LogP contribution is 2.25. The second kappa shape index (κ2) is 6.94. The zero-order chi connectivity index (χ0) is 16.2. The maximum Gasteiger partial charge on any atom is 0.142 e. The molecule has 0 amide bonds. The van der Waals surface area contributed by atoms with Crippen LogP contribution in [0.1, 0.15) is 16.5 Å². The van der Waals surface area contributed by atoms with E-state index >= 15 is 0 Å². The van der Waals surface area contributed by atoms with Crippen LogP contribution in [0.2, 0.25) is 0 Å². The first-order chi connectivity index (χ1) is 11.2. The van der Waals surface area contributed by atoms with Gasteiger partial charge in [-0.3, -0.25) is 4.99 Å². The van der Waals surface area contributed by atoms with E-state index in [1.807, 2.05) is 30.3 Å². The fourth-order valence-corrected chi connectivity index (χ4v) is 3.66. The molecule has 2 N–H and O–H groups in total. The Balaban J connectivity index is 1.87. The van der Waals surface area contributed by atoms with E-state index in [0.717, 1.165) is 16.3 Å². The second-order valence-corrected chi connectivity index (χ2v) is 6.84. The number of phenolic OH excluding ortho intramolecular Hbond substituents is 1. The second-order valence-electron chi connectivity index (χ2n) is 5.86. The van der Waals surface area contributed by atoms with Gasteiger partial charge in [-0.15, -0.1) is 11.3 Å². The molecule has 0 aliphatic carbocycles. The molecule has 1 atom stereocenters. The largest absolute Gasteiger partial charge is 0.507 e. The number of thiophene rings is 1. The maximum atomic E-state index is 10.2. The molecule has 0 radical (unpaired) electrons. The van der Waals surface area contributed by atoms with Crippen LogP contribution < -0.4 is 4.90 Å². The van der Waals surface area contributed by atoms with Crippen LogP contribution in [0.4, 0.5) is 0 Å². The van der Waals surface area contributed by atoms with Crippen LogP contribution in [0.15, 0.2) is 58.9 Å². The number of hydrogen-bond donors (Lipinski definition) is 2. The quantitative estimate of drug-likeness (QED) is 0.695. The van der Waals surface area contributed by atoms with E-state index in [2.05, 4.69) is 36.6 Å². The average Bonchev–Trinajstić information content (AvgIpc) is 3.07. The summed E-state index contributed by atoms with van der Waals surface area (Å²) < 4.78 is 0. The summed E-state index contributed by atoms with van der Waals surface area (Å²) in [6.07, 6.45) is 1.81. The predicted octanol–water partition coefficient (Wildman–Crippen LogP) is 2.91. The van der Waals surface area contributed by atoms with Gasteiger partial charge in [-0.25, -0.2) is 0 Å². The van der Waals surface area contributed by atoms with Gasteiger partial charge in [0, 0.05) is 11.8 Å². The third kappa shape index (κ3) is 3.44. The summed E-state index contributed by atoms with van der Waals surface area (Å²) in [6.45, 7) is 0.700. The van der Waals surface area contributed by atoms with Gasteiger partial charge in [0.25, 0.3) is 0 Å². The zero-order valence-electron chi connectivity index (χ0n) is 13.4. The molecule has 2 aromatic carbocycles. The van der Waals surface area contributed by atoms with Gasteiger partial charge in [-0.05, 0) is 28.3 Å². The lowest BCUT2D eigenvalue weighted by Gasteiger charge is -2.18. The van der Waals surface area contributed by atoms with Crippen molar-refractivity contribution in [1.82, 2.24) is 0 Å². The van der Waals surface area contributed by atoms with Gasteiger partial charge in [-0.2, -0.15) is 0 Å². The number of nitrogens with one attached hydrogen (secondary N) is 1. The minimum absolute atomic E-state index is 0.275. The first-order valence-electron chi connectivity index (χ1n) is 7.71. The highest BCUT2D eigenvalue weighted by molar-refractivity contribution is 7.10. The van der Waals surface area contributed by atoms with E-state index in [1.54, 1.807) is 23.6 Å². The first-order valence-corrected chi connectivity index (χ1v) is 8.59. The number of aliphatic imine (C=N–C) groups is 1. The van der Waals surface area contributed by atoms with Crippen LogP contribution in [0.5, 0.6) is 5.75 Å². The summed E-state index contributed by atoms with van der Waals surface area (Å²) in [4.78, 5) is 7.32. The molecular weight excluding hydrogens is 304 g/mol. The molecule has 1 aromatic heterocycles. The third-order valence-corrected chi connectivity index (χ3v) is 5.03. The Morgan fingerprint density at radius 2 is 1.96 bits per heavy atom. The van der Waals surface area contributed by atoms with Crippen molar-refractivity contribution in [2.75, 3.05) is 20.6 Å². The van der Waals surface area contributed by atoms with Crippen molar-refractivity contribution >= 4 is 28.3 Å². The standard InChI is InChI=1S/C19H20N2OS/c1-21(2)17(19-8-5-11-23-19)13-20-12-16-15-7-4-3-6-14(15)9-10-18(16)22/h3-12,17,22H,13H2,1-2H3/p+1/t17-/m1/s1. The van der Waals surface area contributed by atoms with Crippen molar-refractivity contribution in [3.05, 3.63) is 64.4 Å². The molecule has 0 aliphatic heterocycles. The van der Waals surface area contributed by atoms with Crippen LogP contribution in [-0.2, 0) is 0 Å². The van der Waals surface area contributed by atoms with Crippen molar-refractivity contribution < 1.29 is 10.0 Å². The molecule has 0 saturated carbocycles. The van der Waals surface area contributed by atoms with Crippen molar-refractivity contribution in [2.45, 2.75) is 6.04 Å². The molecule has 0 spiro atoms. The number of rotatable bonds is 5. The van der Waals surface area contributed by atoms with E-state index in [4.69, 9.17) is 0 Å². The highest BCUT2D eigenvalue weighted by Gasteiger charge is 2.17. The van der Waals surface area contributed by atoms with Crippen molar-refractivity contribution in [3.63, 3.8) is 0 Å². The third-order valence-electron chi connectivity index (χ3n) is 4.04. The summed E-state index contributed by atoms with van der Waals surface area (Å²) in [5.41, 5.74) is 0.793. The smallest absolute Gasteiger partial charge is 0.142 e. The van der Waals surface area contributed by atoms with Crippen molar-refractivity contribution in [2.24, 2.45) is 4.99 Å². The Bertz CT molecular complexity index is 809. The molecule has 0 aliphatic rings. The van der Waals surface area contributed by atoms with E-state index in [1.165, 1.54) is 9.78 Å². The summed E-state index contributed by atoms with van der Waals surface area (Å²) in [5.74, 6) is 0.275. The van der Waals surface area contributed by atoms with Crippen LogP contribution in [-0.4, -0.2) is 32.0 Å². The van der Waals surface area contributed by atoms with Gasteiger partial charge in [0.2, 0.25) is 0 Å². The van der Waals surface area contributed by atoms with Gasteiger partial charge >= 0.3 is 0 Å². The lowest BCUT2D eigenvalue weighted by atomic mass is 10.0. The minimum Gasteiger partial charge on any atom is -0.507 e. The molecule has 0 saturated heterocycles. The van der Waals surface area contributed by atoms with Crippen LogP contribution in [0.3, 0.4) is 0 Å². The first kappa shape index (κ1) is 15.7. The predicted molar refractivity (Wildman–Crippen MR) is 97.9 cm³/mol. The molecule has 23 heavy (non-hydrogen) atoms. The summed E-state index contributed by atoms with van der Waals surface area (Å²) in [7, 11) is 4.30. The van der Waals surface area contributed by atoms with Gasteiger partial charge in [0.05, 0.1) is 25.5 Å². The molecule has 3 aromatic rings. The topological polar surface area (TPSA) is 37.0 Å². The number of benzene rings is 2. The molecule has 118 valence electrons. The molecule has 4 heteroatoms. The van der Waals surface area contributed by atoms with Gasteiger partial charge in [0.1, 0.15) is 11.8 Å². The number of fused-ring (bicyclic) bond motifs is 1. The number of aromatic hydroxyl groups is 1. The van der Waals surface area contributed by atoms with E-state index in [0.29, 0.717) is 12.6 Å². The van der Waals surface area contributed by atoms with E-state index in [-0.39, 0.29) is 5.75 Å². The van der Waals surface area contributed by atoms with Gasteiger partial charge < -0.3 is 10.0 Å². The Labute approximate surface area is 140 Å². The summed E-state index contributed by atoms with van der Waals surface area (Å²) in [6, 6.07) is 16.3. The Kier molecular flexibility index (Phi) is 4.74. The molecule has 3 rings (SSSR count). The number of nitrogens with zero attached hydrogens (tertiary/aromatic N) is 1. The maximum absolute atomic E-state index is 10.2. The number of hydrogen-bond acceptors (Lipinski definition) is 3.